The molecular weight excluding hydrogens is 548 g/mol. The molecule has 224 valence electrons. The first-order chi connectivity index (χ1) is 20.3. The highest BCUT2D eigenvalue weighted by atomic mass is 19.3. The number of likely N-dealkylation sites (tertiary alicyclic amines) is 1. The molecule has 1 aliphatic rings. The summed E-state index contributed by atoms with van der Waals surface area (Å²) in [5.41, 5.74) is 1.33. The van der Waals surface area contributed by atoms with Crippen LogP contribution in [-0.4, -0.2) is 73.8 Å². The number of carboxylic acid groups (broad SMARTS) is 1. The fraction of sp³-hybridized carbons (Fsp3) is 0.355. The van der Waals surface area contributed by atoms with Crippen LogP contribution in [-0.2, 0) is 11.3 Å². The zero-order chi connectivity index (χ0) is 30.2. The molecule has 0 saturated carbocycles. The SMILES string of the molecule is COc1cc(N(C(=O)O)N(Cc2ccccc2)C(c2ccccc2)C(C(=O)C(F)F)N2CCCC2)cc(OC)c1OC. The Morgan fingerprint density at radius 2 is 1.43 bits per heavy atom. The molecule has 9 nitrogen and oxygen atoms in total. The minimum atomic E-state index is -3.25. The highest BCUT2D eigenvalue weighted by molar-refractivity contribution is 5.89. The van der Waals surface area contributed by atoms with Gasteiger partial charge in [-0.1, -0.05) is 60.7 Å². The second-order valence-electron chi connectivity index (χ2n) is 9.81. The van der Waals surface area contributed by atoms with Gasteiger partial charge in [-0.05, 0) is 37.1 Å². The van der Waals surface area contributed by atoms with Crippen molar-refractivity contribution in [2.45, 2.75) is 37.9 Å². The molecule has 42 heavy (non-hydrogen) atoms. The summed E-state index contributed by atoms with van der Waals surface area (Å²) in [6.45, 7) is 0.843. The van der Waals surface area contributed by atoms with Crippen LogP contribution in [0.5, 0.6) is 17.2 Å². The maximum absolute atomic E-state index is 14.3. The summed E-state index contributed by atoms with van der Waals surface area (Å²) in [4.78, 5) is 28.3. The molecule has 3 aromatic carbocycles. The average molecular weight is 584 g/mol. The van der Waals surface area contributed by atoms with Crippen molar-refractivity contribution in [2.75, 3.05) is 39.4 Å². The maximum atomic E-state index is 14.3. The van der Waals surface area contributed by atoms with Gasteiger partial charge in [0, 0.05) is 18.7 Å². The average Bonchev–Trinajstić information content (AvgIpc) is 3.54. The standard InChI is InChI=1S/C31H35F2N3O6/c1-40-24-18-23(19-25(41-2)29(24)42-3)36(31(38)39)35(20-21-12-6-4-7-13-21)26(22-14-8-5-9-15-22)27(28(37)30(32)33)34-16-10-11-17-34/h4-9,12-15,18-19,26-27,30H,10-11,16-17,20H2,1-3H3,(H,38,39). The van der Waals surface area contributed by atoms with Gasteiger partial charge in [0.25, 0.3) is 6.43 Å². The highest BCUT2D eigenvalue weighted by Crippen LogP contribution is 2.43. The number of hydrazine groups is 1. The van der Waals surface area contributed by atoms with Gasteiger partial charge >= 0.3 is 6.09 Å². The zero-order valence-electron chi connectivity index (χ0n) is 23.8. The van der Waals surface area contributed by atoms with E-state index in [1.807, 2.05) is 18.2 Å². The topological polar surface area (TPSA) is 91.8 Å². The molecule has 0 bridgehead atoms. The molecule has 1 fully saturated rings. The Morgan fingerprint density at radius 3 is 1.90 bits per heavy atom. The molecule has 1 aliphatic heterocycles. The smallest absolute Gasteiger partial charge is 0.426 e. The summed E-state index contributed by atoms with van der Waals surface area (Å²) < 4.78 is 45.0. The fourth-order valence-electron chi connectivity index (χ4n) is 5.47. The summed E-state index contributed by atoms with van der Waals surface area (Å²) in [5, 5.41) is 13.2. The van der Waals surface area contributed by atoms with E-state index in [0.29, 0.717) is 24.2 Å². The van der Waals surface area contributed by atoms with Crippen molar-refractivity contribution < 1.29 is 37.7 Å². The molecule has 11 heteroatoms. The number of alkyl halides is 2. The van der Waals surface area contributed by atoms with Crippen molar-refractivity contribution in [1.82, 2.24) is 9.91 Å². The number of hydrogen-bond donors (Lipinski definition) is 1. The number of benzene rings is 3. The number of ether oxygens (including phenoxy) is 3. The molecule has 1 saturated heterocycles. The van der Waals surface area contributed by atoms with E-state index in [2.05, 4.69) is 0 Å². The van der Waals surface area contributed by atoms with Crippen LogP contribution in [0.15, 0.2) is 72.8 Å². The molecule has 0 radical (unpaired) electrons. The predicted molar refractivity (Wildman–Crippen MR) is 153 cm³/mol. The molecule has 1 heterocycles. The quantitative estimate of drug-likeness (QED) is 0.258. The Labute approximate surface area is 243 Å². The number of halogens is 2. The molecule has 0 spiro atoms. The molecule has 0 aromatic heterocycles. The lowest BCUT2D eigenvalue weighted by molar-refractivity contribution is -0.138. The fourth-order valence-corrected chi connectivity index (χ4v) is 5.47. The highest BCUT2D eigenvalue weighted by Gasteiger charge is 2.45. The van der Waals surface area contributed by atoms with Crippen molar-refractivity contribution in [3.8, 4) is 17.2 Å². The molecule has 4 rings (SSSR count). The Kier molecular flexibility index (Phi) is 10.3. The number of carbonyl (C=O) groups is 2. The van der Waals surface area contributed by atoms with Crippen LogP contribution in [0.25, 0.3) is 0 Å². The summed E-state index contributed by atoms with van der Waals surface area (Å²) in [6.07, 6.45) is -3.17. The monoisotopic (exact) mass is 583 g/mol. The second-order valence-corrected chi connectivity index (χ2v) is 9.81. The van der Waals surface area contributed by atoms with Crippen LogP contribution in [0.3, 0.4) is 0 Å². The van der Waals surface area contributed by atoms with E-state index < -0.39 is 30.4 Å². The molecule has 2 unspecified atom stereocenters. The Morgan fingerprint density at radius 1 is 0.881 bits per heavy atom. The zero-order valence-corrected chi connectivity index (χ0v) is 23.8. The minimum Gasteiger partial charge on any atom is -0.493 e. The van der Waals surface area contributed by atoms with Gasteiger partial charge in [-0.25, -0.2) is 18.6 Å². The van der Waals surface area contributed by atoms with Gasteiger partial charge in [0.05, 0.1) is 39.1 Å². The molecule has 0 aliphatic carbocycles. The number of hydrogen-bond acceptors (Lipinski definition) is 7. The summed E-state index contributed by atoms with van der Waals surface area (Å²) >= 11 is 0. The minimum absolute atomic E-state index is 0.0236. The summed E-state index contributed by atoms with van der Waals surface area (Å²) in [5.74, 6) is -0.604. The number of Topliss-reactive ketones (excluding diaryl/α,β-unsaturated/α-hetero) is 1. The Balaban J connectivity index is 2.00. The number of amides is 1. The van der Waals surface area contributed by atoms with Gasteiger partial charge in [-0.15, -0.1) is 0 Å². The van der Waals surface area contributed by atoms with Crippen molar-refractivity contribution in [3.05, 3.63) is 83.9 Å². The van der Waals surface area contributed by atoms with Crippen molar-refractivity contribution in [3.63, 3.8) is 0 Å². The van der Waals surface area contributed by atoms with Crippen molar-refractivity contribution in [1.29, 1.82) is 0 Å². The largest absolute Gasteiger partial charge is 0.493 e. The first-order valence-corrected chi connectivity index (χ1v) is 13.5. The van der Waals surface area contributed by atoms with Crippen LogP contribution in [0, 0.1) is 0 Å². The molecule has 1 amide bonds. The van der Waals surface area contributed by atoms with Gasteiger partial charge in [-0.3, -0.25) is 9.69 Å². The summed E-state index contributed by atoms with van der Waals surface area (Å²) in [6, 6.07) is 18.2. The van der Waals surface area contributed by atoms with Crippen LogP contribution in [0.2, 0.25) is 0 Å². The number of ketones is 1. The first kappa shape index (κ1) is 30.7. The molecule has 2 atom stereocenters. The van der Waals surface area contributed by atoms with Crippen LogP contribution in [0.1, 0.15) is 30.0 Å². The van der Waals surface area contributed by atoms with E-state index in [1.54, 1.807) is 47.4 Å². The van der Waals surface area contributed by atoms with E-state index in [-0.39, 0.29) is 29.5 Å². The number of nitrogens with zero attached hydrogens (tertiary/aromatic N) is 3. The van der Waals surface area contributed by atoms with Crippen LogP contribution < -0.4 is 19.2 Å². The van der Waals surface area contributed by atoms with Gasteiger partial charge in [-0.2, -0.15) is 5.01 Å². The van der Waals surface area contributed by atoms with E-state index >= 15 is 0 Å². The number of rotatable bonds is 13. The lowest BCUT2D eigenvalue weighted by atomic mass is 9.93. The molecule has 1 N–H and O–H groups in total. The van der Waals surface area contributed by atoms with E-state index in [4.69, 9.17) is 14.2 Å². The van der Waals surface area contributed by atoms with Crippen molar-refractivity contribution >= 4 is 17.6 Å². The normalized spacial score (nSPS) is 14.9. The molecule has 3 aromatic rings. The van der Waals surface area contributed by atoms with E-state index in [9.17, 15) is 23.5 Å². The van der Waals surface area contributed by atoms with Gasteiger partial charge < -0.3 is 19.3 Å². The third-order valence-electron chi connectivity index (χ3n) is 7.32. The predicted octanol–water partition coefficient (Wildman–Crippen LogP) is 5.65. The number of methoxy groups -OCH3 is 3. The van der Waals surface area contributed by atoms with Crippen molar-refractivity contribution in [2.24, 2.45) is 0 Å². The lowest BCUT2D eigenvalue weighted by Gasteiger charge is -2.44. The van der Waals surface area contributed by atoms with Gasteiger partial charge in [0.2, 0.25) is 11.5 Å². The van der Waals surface area contributed by atoms with Gasteiger partial charge in [0.1, 0.15) is 0 Å². The van der Waals surface area contributed by atoms with Gasteiger partial charge in [0.15, 0.2) is 11.5 Å². The number of carbonyl (C=O) groups excluding carboxylic acids is 1. The molecular formula is C31H35F2N3O6. The third-order valence-corrected chi connectivity index (χ3v) is 7.32. The van der Waals surface area contributed by atoms with Crippen LogP contribution in [0.4, 0.5) is 19.3 Å². The Hall–Kier alpha value is -4.22. The number of anilines is 1. The van der Waals surface area contributed by atoms with E-state index in [1.165, 1.54) is 38.5 Å². The second kappa shape index (κ2) is 14.1. The Bertz CT molecular complexity index is 1310. The maximum Gasteiger partial charge on any atom is 0.426 e. The van der Waals surface area contributed by atoms with E-state index in [0.717, 1.165) is 17.9 Å². The first-order valence-electron chi connectivity index (χ1n) is 13.5. The lowest BCUT2D eigenvalue weighted by Crippen LogP contribution is -2.57. The third kappa shape index (κ3) is 6.63. The summed E-state index contributed by atoms with van der Waals surface area (Å²) in [7, 11) is 4.25. The van der Waals surface area contributed by atoms with Crippen LogP contribution >= 0.6 is 0 Å².